The van der Waals surface area contributed by atoms with Crippen LogP contribution in [0, 0.1) is 11.3 Å². The van der Waals surface area contributed by atoms with Gasteiger partial charge in [0.05, 0.1) is 16.5 Å². The number of benzene rings is 1. The van der Waals surface area contributed by atoms with E-state index in [1.54, 1.807) is 6.07 Å². The second-order valence-electron chi connectivity index (χ2n) is 4.95. The maximum absolute atomic E-state index is 12.2. The molecule has 0 aromatic heterocycles. The molecule has 0 saturated carbocycles. The molecule has 11 heteroatoms. The van der Waals surface area contributed by atoms with E-state index in [9.17, 15) is 18.0 Å². The van der Waals surface area contributed by atoms with Gasteiger partial charge in [0.1, 0.15) is 16.5 Å². The number of Topliss-reactive ketones (excluding diaryl/α,β-unsaturated/α-hetero) is 1. The number of sulfonamides is 1. The maximum Gasteiger partial charge on any atom is 0.307 e. The first-order valence-electron chi connectivity index (χ1n) is 7.09. The minimum atomic E-state index is -4.03. The van der Waals surface area contributed by atoms with Gasteiger partial charge in [-0.1, -0.05) is 29.3 Å². The fraction of sp³-hybridized carbons (Fsp3) is 0.267. The second-order valence-corrected chi connectivity index (χ2v) is 7.47. The van der Waals surface area contributed by atoms with E-state index in [-0.39, 0.29) is 39.2 Å². The topological polar surface area (TPSA) is 139 Å². The van der Waals surface area contributed by atoms with Crippen LogP contribution in [0.25, 0.3) is 0 Å². The molecule has 0 spiro atoms. The van der Waals surface area contributed by atoms with Crippen LogP contribution in [0.5, 0.6) is 0 Å². The number of nitriles is 1. The fourth-order valence-corrected chi connectivity index (χ4v) is 3.93. The molecule has 0 amide bonds. The lowest BCUT2D eigenvalue weighted by molar-refractivity contribution is -0.146. The SMILES string of the molecule is C/C(N)=C(\C#N)C(=O)COC(=O)CCNS(=O)(=O)c1c(Cl)cccc1Cl. The summed E-state index contributed by atoms with van der Waals surface area (Å²) < 4.78 is 31.2. The molecule has 0 bridgehead atoms. The Labute approximate surface area is 160 Å². The van der Waals surface area contributed by atoms with Crippen molar-refractivity contribution in [2.75, 3.05) is 13.2 Å². The number of nitrogens with two attached hydrogens (primary N) is 1. The number of nitrogens with one attached hydrogen (secondary N) is 1. The van der Waals surface area contributed by atoms with E-state index in [4.69, 9.17) is 34.2 Å². The van der Waals surface area contributed by atoms with Crippen molar-refractivity contribution >= 4 is 45.0 Å². The normalized spacial score (nSPS) is 12.1. The predicted molar refractivity (Wildman–Crippen MR) is 94.7 cm³/mol. The van der Waals surface area contributed by atoms with Crippen LogP contribution in [0.2, 0.25) is 10.0 Å². The number of halogens is 2. The summed E-state index contributed by atoms with van der Waals surface area (Å²) in [4.78, 5) is 22.9. The van der Waals surface area contributed by atoms with Crippen molar-refractivity contribution in [1.82, 2.24) is 4.72 Å². The molecule has 0 aliphatic rings. The van der Waals surface area contributed by atoms with Gasteiger partial charge in [0.25, 0.3) is 0 Å². The molecule has 0 fully saturated rings. The molecule has 0 unspecified atom stereocenters. The first-order chi connectivity index (χ1) is 12.1. The fourth-order valence-electron chi connectivity index (χ4n) is 1.76. The van der Waals surface area contributed by atoms with Crippen LogP contribution in [0.4, 0.5) is 0 Å². The Hall–Kier alpha value is -2.12. The standard InChI is InChI=1S/C15H15Cl2N3O5S/c1-9(19)10(7-18)13(21)8-25-14(22)5-6-20-26(23,24)15-11(16)3-2-4-12(15)17/h2-4,20H,5-6,8,19H2,1H3/b10-9-. The number of esters is 1. The molecule has 0 aliphatic carbocycles. The predicted octanol–water partition coefficient (Wildman–Crippen LogP) is 1.53. The molecule has 140 valence electrons. The van der Waals surface area contributed by atoms with E-state index >= 15 is 0 Å². The Kier molecular flexibility index (Phi) is 8.05. The van der Waals surface area contributed by atoms with E-state index in [0.29, 0.717) is 0 Å². The monoisotopic (exact) mass is 419 g/mol. The zero-order valence-electron chi connectivity index (χ0n) is 13.6. The van der Waals surface area contributed by atoms with Gasteiger partial charge >= 0.3 is 5.97 Å². The van der Waals surface area contributed by atoms with Crippen molar-refractivity contribution < 1.29 is 22.7 Å². The summed E-state index contributed by atoms with van der Waals surface area (Å²) in [5, 5.41) is 8.64. The largest absolute Gasteiger partial charge is 0.457 e. The van der Waals surface area contributed by atoms with Crippen molar-refractivity contribution in [2.45, 2.75) is 18.2 Å². The average molecular weight is 420 g/mol. The molecule has 0 saturated heterocycles. The first kappa shape index (κ1) is 21.9. The molecule has 0 aliphatic heterocycles. The van der Waals surface area contributed by atoms with Crippen LogP contribution >= 0.6 is 23.2 Å². The van der Waals surface area contributed by atoms with Gasteiger partial charge in [0.15, 0.2) is 6.61 Å². The molecular weight excluding hydrogens is 405 g/mol. The minimum absolute atomic E-state index is 0.0120. The van der Waals surface area contributed by atoms with E-state index in [1.807, 2.05) is 0 Å². The third kappa shape index (κ3) is 6.00. The number of rotatable bonds is 8. The highest BCUT2D eigenvalue weighted by Gasteiger charge is 2.21. The number of ether oxygens (including phenoxy) is 1. The van der Waals surface area contributed by atoms with E-state index in [1.165, 1.54) is 25.1 Å². The van der Waals surface area contributed by atoms with Crippen LogP contribution in [-0.4, -0.2) is 33.3 Å². The Balaban J connectivity index is 2.58. The highest BCUT2D eigenvalue weighted by atomic mass is 35.5. The van der Waals surface area contributed by atoms with E-state index in [0.717, 1.165) is 0 Å². The van der Waals surface area contributed by atoms with Gasteiger partial charge in [-0.3, -0.25) is 9.59 Å². The van der Waals surface area contributed by atoms with Crippen molar-refractivity contribution in [1.29, 1.82) is 5.26 Å². The number of hydrogen-bond donors (Lipinski definition) is 2. The molecule has 1 aromatic rings. The lowest BCUT2D eigenvalue weighted by atomic mass is 10.1. The summed E-state index contributed by atoms with van der Waals surface area (Å²) >= 11 is 11.7. The molecule has 0 atom stereocenters. The summed E-state index contributed by atoms with van der Waals surface area (Å²) in [6.45, 7) is 0.403. The molecule has 1 aromatic carbocycles. The van der Waals surface area contributed by atoms with Crippen LogP contribution in [-0.2, 0) is 24.3 Å². The van der Waals surface area contributed by atoms with Gasteiger partial charge < -0.3 is 10.5 Å². The van der Waals surface area contributed by atoms with Crippen LogP contribution in [0.1, 0.15) is 13.3 Å². The van der Waals surface area contributed by atoms with Gasteiger partial charge in [-0.15, -0.1) is 0 Å². The third-order valence-corrected chi connectivity index (χ3v) is 5.37. The van der Waals surface area contributed by atoms with Gasteiger partial charge in [0.2, 0.25) is 15.8 Å². The Morgan fingerprint density at radius 1 is 1.31 bits per heavy atom. The van der Waals surface area contributed by atoms with Crippen LogP contribution < -0.4 is 10.5 Å². The molecule has 1 rings (SSSR count). The Bertz CT molecular complexity index is 867. The Morgan fingerprint density at radius 2 is 1.88 bits per heavy atom. The number of ketones is 1. The summed E-state index contributed by atoms with van der Waals surface area (Å²) in [7, 11) is -4.03. The summed E-state index contributed by atoms with van der Waals surface area (Å²) in [6.07, 6.45) is -0.345. The maximum atomic E-state index is 12.2. The van der Waals surface area contributed by atoms with E-state index in [2.05, 4.69) is 9.46 Å². The van der Waals surface area contributed by atoms with Crippen molar-refractivity contribution in [3.8, 4) is 6.07 Å². The first-order valence-corrected chi connectivity index (χ1v) is 9.33. The summed E-state index contributed by atoms with van der Waals surface area (Å²) in [6, 6.07) is 5.83. The highest BCUT2D eigenvalue weighted by Crippen LogP contribution is 2.28. The molecule has 3 N–H and O–H groups in total. The van der Waals surface area contributed by atoms with Crippen molar-refractivity contribution in [2.24, 2.45) is 5.73 Å². The number of nitrogens with zero attached hydrogens (tertiary/aromatic N) is 1. The molecule has 0 radical (unpaired) electrons. The van der Waals surface area contributed by atoms with Crippen LogP contribution in [0.15, 0.2) is 34.4 Å². The zero-order valence-corrected chi connectivity index (χ0v) is 15.9. The number of hydrogen-bond acceptors (Lipinski definition) is 7. The molecule has 26 heavy (non-hydrogen) atoms. The average Bonchev–Trinajstić information content (AvgIpc) is 2.52. The number of carbonyl (C=O) groups is 2. The molecule has 0 heterocycles. The highest BCUT2D eigenvalue weighted by molar-refractivity contribution is 7.89. The van der Waals surface area contributed by atoms with Gasteiger partial charge in [-0.05, 0) is 19.1 Å². The van der Waals surface area contributed by atoms with Crippen molar-refractivity contribution in [3.05, 3.63) is 39.5 Å². The molecular formula is C15H15Cl2N3O5S. The lowest BCUT2D eigenvalue weighted by Gasteiger charge is -2.10. The van der Waals surface area contributed by atoms with Gasteiger partial charge in [-0.25, -0.2) is 13.1 Å². The Morgan fingerprint density at radius 3 is 2.38 bits per heavy atom. The van der Waals surface area contributed by atoms with Gasteiger partial charge in [0, 0.05) is 12.2 Å². The second kappa shape index (κ2) is 9.54. The number of allylic oxidation sites excluding steroid dienone is 1. The van der Waals surface area contributed by atoms with E-state index < -0.39 is 28.4 Å². The van der Waals surface area contributed by atoms with Crippen LogP contribution in [0.3, 0.4) is 0 Å². The van der Waals surface area contributed by atoms with Gasteiger partial charge in [-0.2, -0.15) is 5.26 Å². The zero-order chi connectivity index (χ0) is 19.9. The van der Waals surface area contributed by atoms with Crippen molar-refractivity contribution in [3.63, 3.8) is 0 Å². The summed E-state index contributed by atoms with van der Waals surface area (Å²) in [5.74, 6) is -1.58. The summed E-state index contributed by atoms with van der Waals surface area (Å²) in [5.41, 5.74) is 5.07. The lowest BCUT2D eigenvalue weighted by Crippen LogP contribution is -2.28. The third-order valence-electron chi connectivity index (χ3n) is 2.96. The smallest absolute Gasteiger partial charge is 0.307 e. The quantitative estimate of drug-likeness (QED) is 0.369. The molecule has 8 nitrogen and oxygen atoms in total. The number of carbonyl (C=O) groups excluding carboxylic acids is 2. The minimum Gasteiger partial charge on any atom is -0.457 e.